The molecule has 1 unspecified atom stereocenters. The third-order valence-corrected chi connectivity index (χ3v) is 3.51. The van der Waals surface area contributed by atoms with Crippen LogP contribution in [0.1, 0.15) is 55.1 Å². The SMILES string of the molecule is Cc1cc(C(C)Cc2cc(C(C)C)ccn2)ccn1. The van der Waals surface area contributed by atoms with Crippen molar-refractivity contribution in [2.45, 2.75) is 46.0 Å². The van der Waals surface area contributed by atoms with Gasteiger partial charge in [-0.2, -0.15) is 0 Å². The molecule has 0 bridgehead atoms. The molecule has 19 heavy (non-hydrogen) atoms. The molecule has 1 atom stereocenters. The van der Waals surface area contributed by atoms with Crippen molar-refractivity contribution >= 4 is 0 Å². The van der Waals surface area contributed by atoms with Crippen molar-refractivity contribution in [3.05, 3.63) is 59.2 Å². The van der Waals surface area contributed by atoms with Gasteiger partial charge in [-0.05, 0) is 60.6 Å². The summed E-state index contributed by atoms with van der Waals surface area (Å²) >= 11 is 0. The highest BCUT2D eigenvalue weighted by Crippen LogP contribution is 2.21. The normalized spacial score (nSPS) is 12.7. The van der Waals surface area contributed by atoms with E-state index in [4.69, 9.17) is 0 Å². The molecular weight excluding hydrogens is 232 g/mol. The Balaban J connectivity index is 2.14. The van der Waals surface area contributed by atoms with Crippen molar-refractivity contribution in [3.8, 4) is 0 Å². The Hall–Kier alpha value is -1.70. The van der Waals surface area contributed by atoms with Crippen molar-refractivity contribution < 1.29 is 0 Å². The summed E-state index contributed by atoms with van der Waals surface area (Å²) in [6, 6.07) is 8.60. The van der Waals surface area contributed by atoms with Gasteiger partial charge in [0.05, 0.1) is 0 Å². The van der Waals surface area contributed by atoms with Crippen molar-refractivity contribution in [2.24, 2.45) is 0 Å². The van der Waals surface area contributed by atoms with E-state index in [0.29, 0.717) is 11.8 Å². The maximum atomic E-state index is 4.49. The van der Waals surface area contributed by atoms with Crippen molar-refractivity contribution in [2.75, 3.05) is 0 Å². The largest absolute Gasteiger partial charge is 0.262 e. The van der Waals surface area contributed by atoms with Crippen LogP contribution in [0.3, 0.4) is 0 Å². The summed E-state index contributed by atoms with van der Waals surface area (Å²) in [4.78, 5) is 8.75. The fourth-order valence-electron chi connectivity index (χ4n) is 2.27. The quantitative estimate of drug-likeness (QED) is 0.815. The molecule has 0 amide bonds. The lowest BCUT2D eigenvalue weighted by molar-refractivity contribution is 0.733. The average Bonchev–Trinajstić information content (AvgIpc) is 2.39. The summed E-state index contributed by atoms with van der Waals surface area (Å²) in [5.74, 6) is 1.02. The molecule has 0 aliphatic rings. The summed E-state index contributed by atoms with van der Waals surface area (Å²) in [6.45, 7) is 8.72. The molecule has 0 radical (unpaired) electrons. The molecular formula is C17H22N2. The van der Waals surface area contributed by atoms with Crippen molar-refractivity contribution in [1.29, 1.82) is 0 Å². The van der Waals surface area contributed by atoms with Crippen LogP contribution in [-0.4, -0.2) is 9.97 Å². The van der Waals surface area contributed by atoms with E-state index in [9.17, 15) is 0 Å². The van der Waals surface area contributed by atoms with Crippen LogP contribution in [0.25, 0.3) is 0 Å². The lowest BCUT2D eigenvalue weighted by Crippen LogP contribution is -2.02. The second kappa shape index (κ2) is 5.96. The first-order valence-corrected chi connectivity index (χ1v) is 6.93. The van der Waals surface area contributed by atoms with E-state index >= 15 is 0 Å². The zero-order valence-electron chi connectivity index (χ0n) is 12.2. The Labute approximate surface area is 115 Å². The van der Waals surface area contributed by atoms with Gasteiger partial charge in [0.25, 0.3) is 0 Å². The predicted molar refractivity (Wildman–Crippen MR) is 79.4 cm³/mol. The summed E-state index contributed by atoms with van der Waals surface area (Å²) in [6.07, 6.45) is 4.79. The second-order valence-electron chi connectivity index (χ2n) is 5.57. The van der Waals surface area contributed by atoms with Gasteiger partial charge in [0.1, 0.15) is 0 Å². The van der Waals surface area contributed by atoms with Gasteiger partial charge < -0.3 is 0 Å². The summed E-state index contributed by atoms with van der Waals surface area (Å²) in [7, 11) is 0. The zero-order chi connectivity index (χ0) is 13.8. The molecule has 0 fully saturated rings. The first-order chi connectivity index (χ1) is 9.06. The van der Waals surface area contributed by atoms with Crippen LogP contribution in [0, 0.1) is 6.92 Å². The first-order valence-electron chi connectivity index (χ1n) is 6.93. The van der Waals surface area contributed by atoms with Gasteiger partial charge in [-0.25, -0.2) is 0 Å². The van der Waals surface area contributed by atoms with Crippen molar-refractivity contribution in [1.82, 2.24) is 9.97 Å². The van der Waals surface area contributed by atoms with E-state index in [1.165, 1.54) is 16.8 Å². The van der Waals surface area contributed by atoms with Gasteiger partial charge in [-0.1, -0.05) is 20.8 Å². The molecule has 0 aromatic carbocycles. The second-order valence-corrected chi connectivity index (χ2v) is 5.57. The molecule has 2 heteroatoms. The molecule has 2 heterocycles. The number of hydrogen-bond acceptors (Lipinski definition) is 2. The predicted octanol–water partition coefficient (Wildman–Crippen LogP) is 4.25. The maximum Gasteiger partial charge on any atom is 0.0412 e. The topological polar surface area (TPSA) is 25.8 Å². The Kier molecular flexibility index (Phi) is 4.31. The number of aromatic nitrogens is 2. The molecule has 2 rings (SSSR count). The molecule has 0 saturated carbocycles. The Morgan fingerprint density at radius 1 is 0.947 bits per heavy atom. The van der Waals surface area contributed by atoms with Crippen LogP contribution in [0.4, 0.5) is 0 Å². The van der Waals surface area contributed by atoms with E-state index in [0.717, 1.165) is 12.1 Å². The Bertz CT molecular complexity index is 546. The highest BCUT2D eigenvalue weighted by Gasteiger charge is 2.09. The monoisotopic (exact) mass is 254 g/mol. The lowest BCUT2D eigenvalue weighted by Gasteiger charge is -2.13. The van der Waals surface area contributed by atoms with E-state index in [1.54, 1.807) is 0 Å². The number of rotatable bonds is 4. The standard InChI is InChI=1S/C17H22N2/c1-12(2)15-5-8-19-17(11-15)9-13(3)16-6-7-18-14(4)10-16/h5-8,10-13H,9H2,1-4H3. The molecule has 100 valence electrons. The van der Waals surface area contributed by atoms with Crippen LogP contribution >= 0.6 is 0 Å². The van der Waals surface area contributed by atoms with Gasteiger partial charge in [0, 0.05) is 23.8 Å². The summed E-state index contributed by atoms with van der Waals surface area (Å²) < 4.78 is 0. The number of pyridine rings is 2. The highest BCUT2D eigenvalue weighted by molar-refractivity contribution is 5.24. The van der Waals surface area contributed by atoms with Crippen LogP contribution in [0.2, 0.25) is 0 Å². The minimum atomic E-state index is 0.469. The van der Waals surface area contributed by atoms with E-state index in [-0.39, 0.29) is 0 Å². The van der Waals surface area contributed by atoms with Crippen LogP contribution in [0.15, 0.2) is 36.7 Å². The van der Waals surface area contributed by atoms with E-state index in [2.05, 4.69) is 55.0 Å². The van der Waals surface area contributed by atoms with Crippen molar-refractivity contribution in [3.63, 3.8) is 0 Å². The lowest BCUT2D eigenvalue weighted by atomic mass is 9.94. The van der Waals surface area contributed by atoms with Gasteiger partial charge in [0.2, 0.25) is 0 Å². The molecule has 0 N–H and O–H groups in total. The minimum Gasteiger partial charge on any atom is -0.262 e. The fourth-order valence-corrected chi connectivity index (χ4v) is 2.27. The highest BCUT2D eigenvalue weighted by atomic mass is 14.7. The third-order valence-electron chi connectivity index (χ3n) is 3.51. The van der Waals surface area contributed by atoms with Gasteiger partial charge in [-0.3, -0.25) is 9.97 Å². The molecule has 2 aromatic heterocycles. The number of aryl methyl sites for hydroxylation is 1. The molecule has 0 aliphatic carbocycles. The number of nitrogens with zero attached hydrogens (tertiary/aromatic N) is 2. The van der Waals surface area contributed by atoms with E-state index in [1.807, 2.05) is 19.3 Å². The molecule has 0 saturated heterocycles. The maximum absolute atomic E-state index is 4.49. The Morgan fingerprint density at radius 2 is 1.63 bits per heavy atom. The van der Waals surface area contributed by atoms with Crippen LogP contribution in [0.5, 0.6) is 0 Å². The molecule has 2 aromatic rings. The average molecular weight is 254 g/mol. The smallest absolute Gasteiger partial charge is 0.0412 e. The van der Waals surface area contributed by atoms with Gasteiger partial charge in [0.15, 0.2) is 0 Å². The summed E-state index contributed by atoms with van der Waals surface area (Å²) in [5.41, 5.74) is 4.95. The molecule has 0 spiro atoms. The zero-order valence-corrected chi connectivity index (χ0v) is 12.2. The van der Waals surface area contributed by atoms with Crippen LogP contribution in [-0.2, 0) is 6.42 Å². The first kappa shape index (κ1) is 13.7. The molecule has 0 aliphatic heterocycles. The van der Waals surface area contributed by atoms with E-state index < -0.39 is 0 Å². The van der Waals surface area contributed by atoms with Gasteiger partial charge in [-0.15, -0.1) is 0 Å². The molecule has 2 nitrogen and oxygen atoms in total. The minimum absolute atomic E-state index is 0.469. The van der Waals surface area contributed by atoms with Gasteiger partial charge >= 0.3 is 0 Å². The third kappa shape index (κ3) is 3.63. The number of hydrogen-bond donors (Lipinski definition) is 0. The fraction of sp³-hybridized carbons (Fsp3) is 0.412. The Morgan fingerprint density at radius 3 is 2.32 bits per heavy atom. The van der Waals surface area contributed by atoms with Crippen LogP contribution < -0.4 is 0 Å². The summed E-state index contributed by atoms with van der Waals surface area (Å²) in [5, 5.41) is 0.